The molecule has 0 spiro atoms. The van der Waals surface area contributed by atoms with Crippen LogP contribution in [0.2, 0.25) is 0 Å². The van der Waals surface area contributed by atoms with Gasteiger partial charge in [-0.3, -0.25) is 4.79 Å². The summed E-state index contributed by atoms with van der Waals surface area (Å²) in [6, 6.07) is 13.2. The SMILES string of the molecule is COCCCC[C@@H](c1cccc(F)c1-c1cccc(C)c1)C1CCCN(C(=O)[C@H]2C[C@@H](N)[C@@H](O)C2)C1. The lowest BCUT2D eigenvalue weighted by molar-refractivity contribution is -0.137. The molecule has 1 aliphatic heterocycles. The molecular weight excluding hydrogens is 455 g/mol. The Balaban J connectivity index is 1.62. The second kappa shape index (κ2) is 12.3. The summed E-state index contributed by atoms with van der Waals surface area (Å²) in [6.07, 6.45) is 5.19. The minimum Gasteiger partial charge on any atom is -0.391 e. The fourth-order valence-corrected chi connectivity index (χ4v) is 6.26. The van der Waals surface area contributed by atoms with Crippen molar-refractivity contribution < 1.29 is 19.0 Å². The van der Waals surface area contributed by atoms with E-state index in [1.807, 2.05) is 36.1 Å². The van der Waals surface area contributed by atoms with Crippen molar-refractivity contribution in [3.63, 3.8) is 0 Å². The van der Waals surface area contributed by atoms with E-state index in [9.17, 15) is 9.90 Å². The van der Waals surface area contributed by atoms with E-state index in [2.05, 4.69) is 12.1 Å². The summed E-state index contributed by atoms with van der Waals surface area (Å²) < 4.78 is 20.7. The lowest BCUT2D eigenvalue weighted by atomic mass is 9.75. The number of aliphatic hydroxyl groups excluding tert-OH is 1. The molecule has 1 saturated carbocycles. The van der Waals surface area contributed by atoms with Crippen LogP contribution in [0.4, 0.5) is 4.39 Å². The van der Waals surface area contributed by atoms with Gasteiger partial charge < -0.3 is 20.5 Å². The predicted molar refractivity (Wildman–Crippen MR) is 141 cm³/mol. The molecule has 1 saturated heterocycles. The first-order chi connectivity index (χ1) is 17.4. The van der Waals surface area contributed by atoms with E-state index >= 15 is 4.39 Å². The number of likely N-dealkylation sites (tertiary alicyclic amines) is 1. The second-order valence-corrected chi connectivity index (χ2v) is 10.8. The Morgan fingerprint density at radius 1 is 1.22 bits per heavy atom. The molecule has 36 heavy (non-hydrogen) atoms. The van der Waals surface area contributed by atoms with Gasteiger partial charge in [0.1, 0.15) is 5.82 Å². The number of carbonyl (C=O) groups is 1. The number of benzene rings is 2. The predicted octanol–water partition coefficient (Wildman–Crippen LogP) is 5.04. The number of rotatable bonds is 9. The fourth-order valence-electron chi connectivity index (χ4n) is 6.26. The molecule has 6 heteroatoms. The van der Waals surface area contributed by atoms with E-state index in [-0.39, 0.29) is 35.5 Å². The van der Waals surface area contributed by atoms with E-state index in [1.54, 1.807) is 13.2 Å². The number of aryl methyl sites for hydroxylation is 1. The lowest BCUT2D eigenvalue weighted by Gasteiger charge is -2.39. The number of amides is 1. The molecule has 0 bridgehead atoms. The van der Waals surface area contributed by atoms with Crippen molar-refractivity contribution in [2.75, 3.05) is 26.8 Å². The Morgan fingerprint density at radius 3 is 2.75 bits per heavy atom. The van der Waals surface area contributed by atoms with Crippen molar-refractivity contribution in [1.82, 2.24) is 4.90 Å². The summed E-state index contributed by atoms with van der Waals surface area (Å²) in [4.78, 5) is 15.3. The van der Waals surface area contributed by atoms with Crippen LogP contribution in [-0.2, 0) is 9.53 Å². The number of hydrogen-bond acceptors (Lipinski definition) is 4. The highest BCUT2D eigenvalue weighted by molar-refractivity contribution is 5.79. The molecule has 196 valence electrons. The van der Waals surface area contributed by atoms with Gasteiger partial charge in [0, 0.05) is 44.3 Å². The number of ether oxygens (including phenoxy) is 1. The number of nitrogens with zero attached hydrogens (tertiary/aromatic N) is 1. The first kappa shape index (κ1) is 26.8. The topological polar surface area (TPSA) is 75.8 Å². The van der Waals surface area contributed by atoms with Crippen molar-refractivity contribution in [3.8, 4) is 11.1 Å². The molecule has 2 aliphatic rings. The van der Waals surface area contributed by atoms with Gasteiger partial charge in [-0.15, -0.1) is 0 Å². The van der Waals surface area contributed by atoms with Gasteiger partial charge >= 0.3 is 0 Å². The highest BCUT2D eigenvalue weighted by Gasteiger charge is 2.39. The maximum Gasteiger partial charge on any atom is 0.225 e. The highest BCUT2D eigenvalue weighted by atomic mass is 19.1. The fraction of sp³-hybridized carbons (Fsp3) is 0.567. The molecule has 4 rings (SSSR count). The summed E-state index contributed by atoms with van der Waals surface area (Å²) in [5, 5.41) is 10.1. The summed E-state index contributed by atoms with van der Waals surface area (Å²) in [6.45, 7) is 4.14. The zero-order valence-electron chi connectivity index (χ0n) is 21.7. The van der Waals surface area contributed by atoms with E-state index in [1.165, 1.54) is 0 Å². The van der Waals surface area contributed by atoms with Gasteiger partial charge in [-0.1, -0.05) is 48.4 Å². The van der Waals surface area contributed by atoms with Gasteiger partial charge in [0.05, 0.1) is 6.10 Å². The molecule has 1 unspecified atom stereocenters. The lowest BCUT2D eigenvalue weighted by Crippen LogP contribution is -2.44. The van der Waals surface area contributed by atoms with Crippen molar-refractivity contribution >= 4 is 5.91 Å². The largest absolute Gasteiger partial charge is 0.391 e. The Morgan fingerprint density at radius 2 is 2.03 bits per heavy atom. The van der Waals surface area contributed by atoms with Gasteiger partial charge in [-0.05, 0) is 74.5 Å². The van der Waals surface area contributed by atoms with E-state index in [0.717, 1.165) is 55.3 Å². The number of carbonyl (C=O) groups excluding carboxylic acids is 1. The van der Waals surface area contributed by atoms with E-state index in [4.69, 9.17) is 10.5 Å². The van der Waals surface area contributed by atoms with Gasteiger partial charge in [-0.2, -0.15) is 0 Å². The van der Waals surface area contributed by atoms with Crippen LogP contribution in [0.3, 0.4) is 0 Å². The quantitative estimate of drug-likeness (QED) is 0.477. The zero-order valence-corrected chi connectivity index (χ0v) is 21.7. The van der Waals surface area contributed by atoms with Crippen molar-refractivity contribution in [3.05, 3.63) is 59.4 Å². The molecule has 1 heterocycles. The van der Waals surface area contributed by atoms with Crippen molar-refractivity contribution in [2.24, 2.45) is 17.6 Å². The van der Waals surface area contributed by atoms with Crippen LogP contribution >= 0.6 is 0 Å². The summed E-state index contributed by atoms with van der Waals surface area (Å²) in [5.74, 6) is 0.0993. The molecule has 0 aromatic heterocycles. The number of aliphatic hydroxyl groups is 1. The van der Waals surface area contributed by atoms with E-state index in [0.29, 0.717) is 31.6 Å². The average molecular weight is 497 g/mol. The monoisotopic (exact) mass is 496 g/mol. The average Bonchev–Trinajstić information content (AvgIpc) is 3.21. The maximum absolute atomic E-state index is 15.4. The zero-order chi connectivity index (χ0) is 25.7. The normalized spacial score (nSPS) is 25.2. The molecule has 2 fully saturated rings. The number of methoxy groups -OCH3 is 1. The van der Waals surface area contributed by atoms with Crippen LogP contribution in [0.25, 0.3) is 11.1 Å². The summed E-state index contributed by atoms with van der Waals surface area (Å²) in [5.41, 5.74) is 9.73. The van der Waals surface area contributed by atoms with Gasteiger partial charge in [-0.25, -0.2) is 4.39 Å². The maximum atomic E-state index is 15.4. The summed E-state index contributed by atoms with van der Waals surface area (Å²) in [7, 11) is 1.72. The minimum absolute atomic E-state index is 0.114. The Bertz CT molecular complexity index is 1020. The number of unbranched alkanes of at least 4 members (excludes halogenated alkanes) is 1. The van der Waals surface area contributed by atoms with Gasteiger partial charge in [0.25, 0.3) is 0 Å². The number of piperidine rings is 1. The number of nitrogens with two attached hydrogens (primary N) is 1. The molecule has 2 aromatic rings. The van der Waals surface area contributed by atoms with Crippen molar-refractivity contribution in [2.45, 2.75) is 69.9 Å². The molecule has 5 nitrogen and oxygen atoms in total. The molecule has 1 aliphatic carbocycles. The van der Waals surface area contributed by atoms with Crippen molar-refractivity contribution in [1.29, 1.82) is 0 Å². The van der Waals surface area contributed by atoms with Gasteiger partial charge in [0.15, 0.2) is 0 Å². The number of hydrogen-bond donors (Lipinski definition) is 2. The van der Waals surface area contributed by atoms with Crippen LogP contribution in [0.15, 0.2) is 42.5 Å². The third-order valence-corrected chi connectivity index (χ3v) is 8.13. The number of halogens is 1. The first-order valence-electron chi connectivity index (χ1n) is 13.5. The third kappa shape index (κ3) is 6.16. The van der Waals surface area contributed by atoms with Crippen LogP contribution < -0.4 is 5.73 Å². The standard InChI is InChI=1S/C30H41FN2O3/c1-20-8-5-9-21(16-20)29-25(12-6-13-26(29)31)24(11-3-4-15-36-2)22-10-7-14-33(19-22)30(35)23-17-27(32)28(34)18-23/h5-6,8-9,12-13,16,22-24,27-28,34H,3-4,7,10-11,14-15,17-19,32H2,1-2H3/t22?,23-,24+,27+,28-/m0/s1. The van der Waals surface area contributed by atoms with Crippen LogP contribution in [0.5, 0.6) is 0 Å². The van der Waals surface area contributed by atoms with Crippen LogP contribution in [0.1, 0.15) is 62.0 Å². The minimum atomic E-state index is -0.600. The molecule has 5 atom stereocenters. The molecule has 3 N–H and O–H groups in total. The van der Waals surface area contributed by atoms with Gasteiger partial charge in [0.2, 0.25) is 5.91 Å². The van der Waals surface area contributed by atoms with E-state index < -0.39 is 6.10 Å². The van der Waals surface area contributed by atoms with Crippen LogP contribution in [0, 0.1) is 24.6 Å². The van der Waals surface area contributed by atoms with Crippen LogP contribution in [-0.4, -0.2) is 54.9 Å². The third-order valence-electron chi connectivity index (χ3n) is 8.13. The summed E-state index contributed by atoms with van der Waals surface area (Å²) >= 11 is 0. The Kier molecular flexibility index (Phi) is 9.15. The molecule has 1 amide bonds. The molecule has 2 aromatic carbocycles. The Labute approximate surface area is 214 Å². The second-order valence-electron chi connectivity index (χ2n) is 10.8. The first-order valence-corrected chi connectivity index (χ1v) is 13.5. The highest BCUT2D eigenvalue weighted by Crippen LogP contribution is 2.42. The smallest absolute Gasteiger partial charge is 0.225 e. The Hall–Kier alpha value is -2.28. The molecular formula is C30H41FN2O3. The molecule has 0 radical (unpaired) electrons.